The molecular weight excluding hydrogens is 485 g/mol. The summed E-state index contributed by atoms with van der Waals surface area (Å²) in [6.07, 6.45) is 0. The molecule has 3 aromatic rings. The van der Waals surface area contributed by atoms with E-state index in [0.29, 0.717) is 19.0 Å². The van der Waals surface area contributed by atoms with Gasteiger partial charge in [-0.3, -0.25) is 0 Å². The number of guanidine groups is 1. The maximum atomic E-state index is 10.7. The molecule has 1 aromatic carbocycles. The molecule has 0 amide bonds. The van der Waals surface area contributed by atoms with Gasteiger partial charge in [-0.25, -0.2) is 9.98 Å². The molecule has 0 aliphatic heterocycles. The number of hydrogen-bond donors (Lipinski definition) is 3. The van der Waals surface area contributed by atoms with Crippen LogP contribution in [0.3, 0.4) is 0 Å². The number of hydrogen-bond acceptors (Lipinski definition) is 4. The largest absolute Gasteiger partial charge is 0.383 e. The predicted molar refractivity (Wildman–Crippen MR) is 128 cm³/mol. The monoisotopic (exact) mass is 513 g/mol. The van der Waals surface area contributed by atoms with Crippen LogP contribution in [0.1, 0.15) is 25.2 Å². The minimum atomic E-state index is -0.973. The lowest BCUT2D eigenvalue weighted by Crippen LogP contribution is -2.40. The highest BCUT2D eigenvalue weighted by Crippen LogP contribution is 2.23. The molecule has 3 rings (SSSR count). The van der Waals surface area contributed by atoms with E-state index in [1.165, 1.54) is 0 Å². The minimum absolute atomic E-state index is 0. The summed E-state index contributed by atoms with van der Waals surface area (Å²) in [4.78, 5) is 9.17. The third-order valence-corrected chi connectivity index (χ3v) is 5.19. The predicted octanol–water partition coefficient (Wildman–Crippen LogP) is 3.49. The molecule has 0 saturated carbocycles. The molecule has 6 nitrogen and oxygen atoms in total. The molecule has 2 heterocycles. The van der Waals surface area contributed by atoms with Gasteiger partial charge in [-0.15, -0.1) is 24.0 Å². The Labute approximate surface area is 187 Å². The molecule has 0 bridgehead atoms. The summed E-state index contributed by atoms with van der Waals surface area (Å²) in [6.45, 7) is 8.42. The highest BCUT2D eigenvalue weighted by molar-refractivity contribution is 14.0. The Kier molecular flexibility index (Phi) is 8.26. The highest BCUT2D eigenvalue weighted by Gasteiger charge is 2.23. The van der Waals surface area contributed by atoms with E-state index in [4.69, 9.17) is 0 Å². The second kappa shape index (κ2) is 10.2. The van der Waals surface area contributed by atoms with E-state index in [0.717, 1.165) is 35.5 Å². The molecule has 28 heavy (non-hydrogen) atoms. The van der Waals surface area contributed by atoms with Crippen LogP contribution in [0.2, 0.25) is 0 Å². The van der Waals surface area contributed by atoms with Crippen LogP contribution < -0.4 is 10.6 Å². The third kappa shape index (κ3) is 5.45. The zero-order valence-electron chi connectivity index (χ0n) is 16.5. The summed E-state index contributed by atoms with van der Waals surface area (Å²) in [5.74, 6) is 1.70. The molecule has 1 atom stereocenters. The van der Waals surface area contributed by atoms with Crippen molar-refractivity contribution < 1.29 is 5.11 Å². The first-order valence-corrected chi connectivity index (χ1v) is 10.1. The fourth-order valence-corrected chi connectivity index (χ4v) is 3.78. The summed E-state index contributed by atoms with van der Waals surface area (Å²) < 4.78 is 2.20. The Balaban J connectivity index is 0.00000280. The Morgan fingerprint density at radius 3 is 2.79 bits per heavy atom. The van der Waals surface area contributed by atoms with E-state index < -0.39 is 5.60 Å². The van der Waals surface area contributed by atoms with Crippen LogP contribution in [-0.2, 0) is 12.1 Å². The Morgan fingerprint density at radius 1 is 1.29 bits per heavy atom. The van der Waals surface area contributed by atoms with Crippen molar-refractivity contribution in [2.75, 3.05) is 19.6 Å². The van der Waals surface area contributed by atoms with Crippen molar-refractivity contribution in [1.82, 2.24) is 20.2 Å². The number of nitrogens with one attached hydrogen (secondary N) is 2. The van der Waals surface area contributed by atoms with E-state index in [2.05, 4.69) is 31.2 Å². The average molecular weight is 513 g/mol. The van der Waals surface area contributed by atoms with Gasteiger partial charge in [0.1, 0.15) is 11.4 Å². The van der Waals surface area contributed by atoms with E-state index in [-0.39, 0.29) is 24.0 Å². The van der Waals surface area contributed by atoms with Crippen molar-refractivity contribution >= 4 is 52.3 Å². The van der Waals surface area contributed by atoms with Gasteiger partial charge >= 0.3 is 0 Å². The number of fused-ring (bicyclic) bond motifs is 1. The standard InChI is InChI=1S/C20H27N5OS.HI/c1-4-21-19(23-14-20(3,26)16-9-12-27-13-16)22-10-11-25-15(2)24-17-7-5-6-8-18(17)25;/h5-9,12-13,26H,4,10-11,14H2,1-3H3,(H2,21,22,23);1H. The molecule has 8 heteroatoms. The van der Waals surface area contributed by atoms with E-state index in [1.807, 2.05) is 48.9 Å². The van der Waals surface area contributed by atoms with Gasteiger partial charge in [0.25, 0.3) is 0 Å². The van der Waals surface area contributed by atoms with Gasteiger partial charge in [0.15, 0.2) is 5.96 Å². The molecule has 0 aliphatic carbocycles. The number of para-hydroxylation sites is 2. The van der Waals surface area contributed by atoms with E-state index in [1.54, 1.807) is 18.3 Å². The molecule has 1 unspecified atom stereocenters. The number of aryl methyl sites for hydroxylation is 1. The molecule has 3 N–H and O–H groups in total. The van der Waals surface area contributed by atoms with Gasteiger partial charge in [0.05, 0.1) is 17.6 Å². The van der Waals surface area contributed by atoms with Crippen LogP contribution in [0, 0.1) is 6.92 Å². The van der Waals surface area contributed by atoms with Gasteiger partial charge in [0, 0.05) is 19.6 Å². The summed E-state index contributed by atoms with van der Waals surface area (Å²) >= 11 is 1.58. The minimum Gasteiger partial charge on any atom is -0.383 e. The van der Waals surface area contributed by atoms with E-state index in [9.17, 15) is 5.11 Å². The SMILES string of the molecule is CCNC(=NCC(C)(O)c1ccsc1)NCCn1c(C)nc2ccccc21.I. The first-order chi connectivity index (χ1) is 13.0. The molecule has 0 fully saturated rings. The Bertz CT molecular complexity index is 905. The number of thiophene rings is 1. The van der Waals surface area contributed by atoms with Crippen molar-refractivity contribution in [2.45, 2.75) is 32.9 Å². The molecule has 152 valence electrons. The molecule has 0 aliphatic rings. The van der Waals surface area contributed by atoms with Gasteiger partial charge in [0.2, 0.25) is 0 Å². The van der Waals surface area contributed by atoms with Crippen LogP contribution in [0.25, 0.3) is 11.0 Å². The summed E-state index contributed by atoms with van der Waals surface area (Å²) in [5, 5.41) is 21.2. The van der Waals surface area contributed by atoms with Crippen molar-refractivity contribution in [3.8, 4) is 0 Å². The summed E-state index contributed by atoms with van der Waals surface area (Å²) in [7, 11) is 0. The van der Waals surface area contributed by atoms with Crippen LogP contribution >= 0.6 is 35.3 Å². The fourth-order valence-electron chi connectivity index (χ4n) is 3.00. The molecule has 0 radical (unpaired) electrons. The third-order valence-electron chi connectivity index (χ3n) is 4.51. The molecule has 0 saturated heterocycles. The van der Waals surface area contributed by atoms with Gasteiger partial charge in [-0.2, -0.15) is 11.3 Å². The van der Waals surface area contributed by atoms with Crippen molar-refractivity contribution in [2.24, 2.45) is 4.99 Å². The number of aromatic nitrogens is 2. The molecular formula is C20H28IN5OS. The molecule has 2 aromatic heterocycles. The number of rotatable bonds is 7. The normalized spacial score (nSPS) is 13.8. The van der Waals surface area contributed by atoms with Crippen LogP contribution in [0.5, 0.6) is 0 Å². The smallest absolute Gasteiger partial charge is 0.191 e. The van der Waals surface area contributed by atoms with Gasteiger partial charge in [-0.05, 0) is 55.3 Å². The first-order valence-electron chi connectivity index (χ1n) is 9.20. The van der Waals surface area contributed by atoms with E-state index >= 15 is 0 Å². The maximum absolute atomic E-state index is 10.7. The summed E-state index contributed by atoms with van der Waals surface area (Å²) in [6, 6.07) is 10.1. The number of aliphatic hydroxyl groups is 1. The second-order valence-electron chi connectivity index (χ2n) is 6.71. The average Bonchev–Trinajstić information content (AvgIpc) is 3.29. The van der Waals surface area contributed by atoms with Crippen LogP contribution in [-0.4, -0.2) is 40.3 Å². The van der Waals surface area contributed by atoms with Crippen LogP contribution in [0.15, 0.2) is 46.1 Å². The Morgan fingerprint density at radius 2 is 2.07 bits per heavy atom. The topological polar surface area (TPSA) is 74.5 Å². The number of nitrogens with zero attached hydrogens (tertiary/aromatic N) is 3. The molecule has 0 spiro atoms. The lowest BCUT2D eigenvalue weighted by Gasteiger charge is -2.21. The van der Waals surface area contributed by atoms with Crippen LogP contribution in [0.4, 0.5) is 0 Å². The van der Waals surface area contributed by atoms with Crippen molar-refractivity contribution in [1.29, 1.82) is 0 Å². The zero-order chi connectivity index (χ0) is 19.3. The lowest BCUT2D eigenvalue weighted by molar-refractivity contribution is 0.0677. The van der Waals surface area contributed by atoms with Gasteiger partial charge in [-0.1, -0.05) is 12.1 Å². The number of halogens is 1. The number of benzene rings is 1. The summed E-state index contributed by atoms with van der Waals surface area (Å²) in [5.41, 5.74) is 2.08. The fraction of sp³-hybridized carbons (Fsp3) is 0.400. The maximum Gasteiger partial charge on any atom is 0.191 e. The second-order valence-corrected chi connectivity index (χ2v) is 7.49. The van der Waals surface area contributed by atoms with Crippen molar-refractivity contribution in [3.63, 3.8) is 0 Å². The number of imidazole rings is 1. The van der Waals surface area contributed by atoms with Crippen molar-refractivity contribution in [3.05, 3.63) is 52.5 Å². The quantitative estimate of drug-likeness (QED) is 0.257. The van der Waals surface area contributed by atoms with Gasteiger partial charge < -0.3 is 20.3 Å². The lowest BCUT2D eigenvalue weighted by atomic mass is 10.00. The highest BCUT2D eigenvalue weighted by atomic mass is 127. The zero-order valence-corrected chi connectivity index (χ0v) is 19.6. The first kappa shape index (κ1) is 22.6. The number of aliphatic imine (C=N–C) groups is 1. The Hall–Kier alpha value is -1.65.